The smallest absolute Gasteiger partial charge is 0.413 e. The molecule has 0 aromatic heterocycles. The van der Waals surface area contributed by atoms with Crippen LogP contribution in [0.1, 0.15) is 18.1 Å². The van der Waals surface area contributed by atoms with Gasteiger partial charge in [0.2, 0.25) is 6.23 Å². The van der Waals surface area contributed by atoms with Crippen molar-refractivity contribution in [3.8, 4) is 0 Å². The van der Waals surface area contributed by atoms with Gasteiger partial charge in [-0.25, -0.2) is 4.79 Å². The van der Waals surface area contributed by atoms with Crippen LogP contribution in [0.5, 0.6) is 0 Å². The molecule has 0 spiro atoms. The Labute approximate surface area is 146 Å². The van der Waals surface area contributed by atoms with Crippen LogP contribution in [0.3, 0.4) is 0 Å². The lowest BCUT2D eigenvalue weighted by molar-refractivity contribution is -0.149. The number of carbonyl (C=O) groups is 2. The molecule has 25 heavy (non-hydrogen) atoms. The van der Waals surface area contributed by atoms with Crippen LogP contribution in [0.15, 0.2) is 66.7 Å². The second kappa shape index (κ2) is 7.66. The first kappa shape index (κ1) is 16.8. The molecule has 1 aliphatic heterocycles. The summed E-state index contributed by atoms with van der Waals surface area (Å²) < 4.78 is 10.6. The highest BCUT2D eigenvalue weighted by Gasteiger charge is 2.32. The molecule has 2 aromatic carbocycles. The van der Waals surface area contributed by atoms with Crippen LogP contribution >= 0.6 is 0 Å². The second-order valence-electron chi connectivity index (χ2n) is 5.73. The number of rotatable bonds is 4. The Morgan fingerprint density at radius 3 is 2.32 bits per heavy atom. The Hall–Kier alpha value is -3.08. The molecule has 0 saturated heterocycles. The first-order valence-electron chi connectivity index (χ1n) is 8.04. The molecule has 128 valence electrons. The fourth-order valence-electron chi connectivity index (χ4n) is 2.67. The number of benzene rings is 2. The Kier molecular flexibility index (Phi) is 5.14. The molecule has 0 unspecified atom stereocenters. The van der Waals surface area contributed by atoms with Crippen molar-refractivity contribution in [2.24, 2.45) is 0 Å². The van der Waals surface area contributed by atoms with Gasteiger partial charge in [0.1, 0.15) is 6.61 Å². The number of carbonyl (C=O) groups excluding carboxylic acids is 2. The first-order valence-corrected chi connectivity index (χ1v) is 8.04. The Morgan fingerprint density at radius 1 is 1.04 bits per heavy atom. The Bertz CT molecular complexity index is 771. The fraction of sp³-hybridized carbons (Fsp3) is 0.200. The van der Waals surface area contributed by atoms with Gasteiger partial charge >= 0.3 is 12.1 Å². The van der Waals surface area contributed by atoms with Gasteiger partial charge in [-0.05, 0) is 22.8 Å². The molecule has 0 aliphatic carbocycles. The quantitative estimate of drug-likeness (QED) is 0.800. The van der Waals surface area contributed by atoms with E-state index in [4.69, 9.17) is 9.47 Å². The van der Waals surface area contributed by atoms with Gasteiger partial charge in [-0.2, -0.15) is 0 Å². The zero-order valence-corrected chi connectivity index (χ0v) is 13.9. The molecule has 5 heteroatoms. The molecule has 5 nitrogen and oxygen atoms in total. The van der Waals surface area contributed by atoms with Crippen molar-refractivity contribution in [1.82, 2.24) is 4.90 Å². The van der Waals surface area contributed by atoms with Crippen LogP contribution in [0.4, 0.5) is 4.79 Å². The maximum atomic E-state index is 12.5. The monoisotopic (exact) mass is 337 g/mol. The maximum Gasteiger partial charge on any atom is 0.413 e. The number of nitrogens with zero attached hydrogens (tertiary/aromatic N) is 1. The van der Waals surface area contributed by atoms with E-state index in [-0.39, 0.29) is 6.61 Å². The Balaban J connectivity index is 1.70. The van der Waals surface area contributed by atoms with Crippen molar-refractivity contribution in [1.29, 1.82) is 0 Å². The normalized spacial score (nSPS) is 16.3. The summed E-state index contributed by atoms with van der Waals surface area (Å²) in [5.74, 6) is -0.448. The minimum Gasteiger partial charge on any atom is -0.444 e. The number of hydrogen-bond acceptors (Lipinski definition) is 4. The average molecular weight is 337 g/mol. The number of ether oxygens (including phenoxy) is 2. The molecule has 1 atom stereocenters. The summed E-state index contributed by atoms with van der Waals surface area (Å²) in [5.41, 5.74) is 2.80. The predicted molar refractivity (Wildman–Crippen MR) is 93.3 cm³/mol. The summed E-state index contributed by atoms with van der Waals surface area (Å²) in [6, 6.07) is 19.1. The Morgan fingerprint density at radius 2 is 1.68 bits per heavy atom. The van der Waals surface area contributed by atoms with Crippen LogP contribution in [-0.2, 0) is 20.9 Å². The highest BCUT2D eigenvalue weighted by atomic mass is 16.6. The largest absolute Gasteiger partial charge is 0.444 e. The van der Waals surface area contributed by atoms with Crippen molar-refractivity contribution < 1.29 is 19.1 Å². The van der Waals surface area contributed by atoms with Gasteiger partial charge in [-0.1, -0.05) is 60.7 Å². The highest BCUT2D eigenvalue weighted by molar-refractivity contribution is 5.79. The van der Waals surface area contributed by atoms with Gasteiger partial charge in [-0.3, -0.25) is 9.69 Å². The second-order valence-corrected chi connectivity index (χ2v) is 5.73. The molecule has 0 bridgehead atoms. The third-order valence-corrected chi connectivity index (χ3v) is 3.86. The van der Waals surface area contributed by atoms with Gasteiger partial charge in [0.05, 0.1) is 6.54 Å². The van der Waals surface area contributed by atoms with Crippen molar-refractivity contribution in [2.45, 2.75) is 19.8 Å². The van der Waals surface area contributed by atoms with Gasteiger partial charge < -0.3 is 9.47 Å². The molecule has 0 N–H and O–H groups in total. The molecule has 1 heterocycles. The zero-order valence-electron chi connectivity index (χ0n) is 13.9. The fourth-order valence-corrected chi connectivity index (χ4v) is 2.67. The molecule has 0 radical (unpaired) electrons. The molecule has 2 aromatic rings. The molecule has 1 amide bonds. The van der Waals surface area contributed by atoms with E-state index in [1.54, 1.807) is 6.08 Å². The van der Waals surface area contributed by atoms with Gasteiger partial charge in [0.25, 0.3) is 0 Å². The van der Waals surface area contributed by atoms with Crippen molar-refractivity contribution in [3.05, 3.63) is 77.9 Å². The predicted octanol–water partition coefficient (Wildman–Crippen LogP) is 3.61. The number of amides is 1. The van der Waals surface area contributed by atoms with Crippen LogP contribution in [0.25, 0.3) is 5.57 Å². The highest BCUT2D eigenvalue weighted by Crippen LogP contribution is 2.26. The van der Waals surface area contributed by atoms with Crippen LogP contribution < -0.4 is 0 Å². The third-order valence-electron chi connectivity index (χ3n) is 3.86. The summed E-state index contributed by atoms with van der Waals surface area (Å²) in [4.78, 5) is 25.2. The minimum absolute atomic E-state index is 0.170. The van der Waals surface area contributed by atoms with E-state index in [2.05, 4.69) is 0 Å². The van der Waals surface area contributed by atoms with E-state index in [0.717, 1.165) is 16.7 Å². The lowest BCUT2D eigenvalue weighted by Gasteiger charge is -2.23. The summed E-state index contributed by atoms with van der Waals surface area (Å²) in [6.45, 7) is 1.82. The topological polar surface area (TPSA) is 55.8 Å². The molecule has 0 saturated carbocycles. The van der Waals surface area contributed by atoms with E-state index in [0.29, 0.717) is 6.54 Å². The minimum atomic E-state index is -0.754. The molecule has 3 rings (SSSR count). The molecule has 0 fully saturated rings. The lowest BCUT2D eigenvalue weighted by Crippen LogP contribution is -2.39. The van der Waals surface area contributed by atoms with Crippen molar-refractivity contribution in [3.63, 3.8) is 0 Å². The van der Waals surface area contributed by atoms with Crippen LogP contribution in [0, 0.1) is 0 Å². The summed E-state index contributed by atoms with van der Waals surface area (Å²) in [7, 11) is 0. The summed E-state index contributed by atoms with van der Waals surface area (Å²) >= 11 is 0. The van der Waals surface area contributed by atoms with E-state index in [1.807, 2.05) is 60.7 Å². The van der Waals surface area contributed by atoms with Crippen LogP contribution in [-0.4, -0.2) is 29.7 Å². The lowest BCUT2D eigenvalue weighted by atomic mass is 10.1. The van der Waals surface area contributed by atoms with Crippen LogP contribution in [0.2, 0.25) is 0 Å². The molecule has 1 aliphatic rings. The van der Waals surface area contributed by atoms with E-state index in [1.165, 1.54) is 11.8 Å². The average Bonchev–Trinajstić information content (AvgIpc) is 3.04. The van der Waals surface area contributed by atoms with E-state index < -0.39 is 18.3 Å². The summed E-state index contributed by atoms with van der Waals surface area (Å²) in [5, 5.41) is 0. The van der Waals surface area contributed by atoms with Gasteiger partial charge in [-0.15, -0.1) is 0 Å². The first-order chi connectivity index (χ1) is 12.1. The molecular formula is C20H19NO4. The van der Waals surface area contributed by atoms with E-state index >= 15 is 0 Å². The third kappa shape index (κ3) is 4.26. The number of hydrogen-bond donors (Lipinski definition) is 0. The van der Waals surface area contributed by atoms with E-state index in [9.17, 15) is 9.59 Å². The summed E-state index contributed by atoms with van der Waals surface area (Å²) in [6.07, 6.45) is 0.508. The van der Waals surface area contributed by atoms with Gasteiger partial charge in [0.15, 0.2) is 0 Å². The zero-order chi connectivity index (χ0) is 17.6. The maximum absolute atomic E-state index is 12.5. The molecular weight excluding hydrogens is 318 g/mol. The van der Waals surface area contributed by atoms with Crippen molar-refractivity contribution >= 4 is 17.6 Å². The van der Waals surface area contributed by atoms with Crippen molar-refractivity contribution in [2.75, 3.05) is 6.54 Å². The van der Waals surface area contributed by atoms with Gasteiger partial charge in [0, 0.05) is 6.92 Å². The number of esters is 1. The SMILES string of the molecule is CC(=O)O[C@H]1C=C(c2ccccc2)CN1C(=O)OCc1ccccc1. The standard InChI is InChI=1S/C20H19NO4/c1-15(22)25-19-12-18(17-10-6-3-7-11-17)13-21(19)20(23)24-14-16-8-4-2-5-9-16/h2-12,19H,13-14H2,1H3/t19-/m0/s1.